The fourth-order valence-electron chi connectivity index (χ4n) is 4.73. The van der Waals surface area contributed by atoms with Gasteiger partial charge in [-0.05, 0) is 62.6 Å². The lowest BCUT2D eigenvalue weighted by atomic mass is 10.0. The van der Waals surface area contributed by atoms with Gasteiger partial charge in [-0.1, -0.05) is 66.2 Å². The molecule has 0 aliphatic rings. The first-order valence-corrected chi connectivity index (χ1v) is 14.0. The Morgan fingerprint density at radius 2 is 1.76 bits per heavy atom. The Morgan fingerprint density at radius 1 is 1.00 bits per heavy atom. The first-order valence-electron chi connectivity index (χ1n) is 14.1. The van der Waals surface area contributed by atoms with Crippen LogP contribution in [0.1, 0.15) is 75.5 Å². The molecule has 8 nitrogen and oxygen atoms in total. The molecule has 0 aliphatic carbocycles. The number of anilines is 2. The minimum atomic E-state index is -1.64. The van der Waals surface area contributed by atoms with Crippen LogP contribution in [0.15, 0.2) is 79.1 Å². The van der Waals surface area contributed by atoms with Crippen LogP contribution >= 0.6 is 11.6 Å². The molecule has 0 bridgehead atoms. The highest BCUT2D eigenvalue weighted by atomic mass is 35.5. The number of hydrogen-bond acceptors (Lipinski definition) is 7. The number of aromatic nitrogens is 4. The molecular weight excluding hydrogens is 544 g/mol. The van der Waals surface area contributed by atoms with Gasteiger partial charge in [0.25, 0.3) is 0 Å². The molecule has 0 spiro atoms. The van der Waals surface area contributed by atoms with E-state index < -0.39 is 6.02 Å². The highest BCUT2D eigenvalue weighted by Crippen LogP contribution is 2.37. The van der Waals surface area contributed by atoms with Crippen molar-refractivity contribution in [1.82, 2.24) is 20.0 Å². The van der Waals surface area contributed by atoms with Crippen molar-refractivity contribution in [3.8, 4) is 12.1 Å². The molecule has 2 atom stereocenters. The molecule has 0 fully saturated rings. The Balaban J connectivity index is 1.66. The predicted octanol–water partition coefficient (Wildman–Crippen LogP) is 7.74. The van der Waals surface area contributed by atoms with Crippen molar-refractivity contribution < 1.29 is 1.37 Å². The molecule has 0 unspecified atom stereocenters. The molecule has 5 rings (SSSR count). The maximum absolute atomic E-state index is 10.0. The summed E-state index contributed by atoms with van der Waals surface area (Å²) < 4.78 is 11.4. The van der Waals surface area contributed by atoms with Gasteiger partial charge in [0.05, 0.1) is 58.6 Å². The first-order chi connectivity index (χ1) is 20.6. The molecule has 0 amide bonds. The summed E-state index contributed by atoms with van der Waals surface area (Å²) in [5.41, 5.74) is 4.00. The van der Waals surface area contributed by atoms with Gasteiger partial charge < -0.3 is 10.6 Å². The zero-order valence-electron chi connectivity index (χ0n) is 24.9. The molecule has 5 aromatic rings. The van der Waals surface area contributed by atoms with Crippen LogP contribution in [0, 0.1) is 22.7 Å². The molecule has 9 heteroatoms. The quantitative estimate of drug-likeness (QED) is 0.194. The van der Waals surface area contributed by atoms with Crippen LogP contribution in [-0.4, -0.2) is 20.0 Å². The Bertz CT molecular complexity index is 1870. The summed E-state index contributed by atoms with van der Waals surface area (Å²) in [5, 5.41) is 36.2. The van der Waals surface area contributed by atoms with Gasteiger partial charge in [0.2, 0.25) is 0 Å². The Hall–Kier alpha value is -4.92. The summed E-state index contributed by atoms with van der Waals surface area (Å²) >= 11 is 6.80. The van der Waals surface area contributed by atoms with Gasteiger partial charge in [-0.3, -0.25) is 4.98 Å². The number of nitrogens with one attached hydrogen (secondary N) is 2. The normalized spacial score (nSPS) is 13.8. The minimum absolute atomic E-state index is 0.0642. The van der Waals surface area contributed by atoms with Crippen LogP contribution < -0.4 is 10.6 Å². The maximum atomic E-state index is 10.0. The molecule has 2 heterocycles. The van der Waals surface area contributed by atoms with Crippen molar-refractivity contribution in [1.29, 1.82) is 10.5 Å². The van der Waals surface area contributed by atoms with Crippen LogP contribution in [0.25, 0.3) is 10.9 Å². The topological polar surface area (TPSA) is 115 Å². The Labute approximate surface area is 252 Å². The fraction of sp³-hybridized carbons (Fsp3) is 0.242. The van der Waals surface area contributed by atoms with Gasteiger partial charge in [-0.15, -0.1) is 5.10 Å². The third-order valence-corrected chi connectivity index (χ3v) is 7.25. The van der Waals surface area contributed by atoms with Gasteiger partial charge >= 0.3 is 0 Å². The molecule has 0 saturated heterocycles. The minimum Gasteiger partial charge on any atom is -0.377 e. The van der Waals surface area contributed by atoms with Crippen molar-refractivity contribution in [2.45, 2.75) is 51.7 Å². The molecule has 42 heavy (non-hydrogen) atoms. The van der Waals surface area contributed by atoms with Crippen molar-refractivity contribution in [2.24, 2.45) is 0 Å². The van der Waals surface area contributed by atoms with E-state index in [9.17, 15) is 11.9 Å². The summed E-state index contributed by atoms with van der Waals surface area (Å²) in [6.07, 6.45) is 4.03. The van der Waals surface area contributed by atoms with E-state index in [2.05, 4.69) is 45.0 Å². The average molecular weight is 576 g/mol. The second-order valence-corrected chi connectivity index (χ2v) is 11.3. The van der Waals surface area contributed by atoms with Crippen molar-refractivity contribution in [3.63, 3.8) is 0 Å². The van der Waals surface area contributed by atoms with Gasteiger partial charge in [0, 0.05) is 17.3 Å². The van der Waals surface area contributed by atoms with E-state index in [1.54, 1.807) is 41.2 Å². The monoisotopic (exact) mass is 575 g/mol. The van der Waals surface area contributed by atoms with E-state index >= 15 is 0 Å². The van der Waals surface area contributed by atoms with E-state index in [1.165, 1.54) is 6.20 Å². The van der Waals surface area contributed by atoms with Crippen LogP contribution in [0.5, 0.6) is 0 Å². The predicted molar refractivity (Wildman–Crippen MR) is 166 cm³/mol. The standard InChI is InChI=1S/C33H31ClN8/c1-5-28(22-11-7-6-8-12-22)39-30-24(18-36)19-37-32-26(30)15-25(16-27(32)34)38-31(23-13-9-10-21(14-23)17-35)29-20-42(41-40-29)33(2,3)4/h6-16,19-20,28,31,38H,5H2,1-4H3,(H,37,39)/t28-,31+/m1/s1/i31D. The summed E-state index contributed by atoms with van der Waals surface area (Å²) in [6.45, 7) is 8.07. The van der Waals surface area contributed by atoms with E-state index in [0.29, 0.717) is 49.7 Å². The Morgan fingerprint density at radius 3 is 2.43 bits per heavy atom. The number of nitriles is 2. The fourth-order valence-corrected chi connectivity index (χ4v) is 5.00. The van der Waals surface area contributed by atoms with Crippen molar-refractivity contribution in [2.75, 3.05) is 10.6 Å². The molecule has 0 saturated carbocycles. The van der Waals surface area contributed by atoms with E-state index in [1.807, 2.05) is 57.2 Å². The molecular formula is C33H31ClN8. The van der Waals surface area contributed by atoms with Crippen LogP contribution in [0.4, 0.5) is 11.4 Å². The second-order valence-electron chi connectivity index (χ2n) is 10.9. The number of rotatable bonds is 8. The highest BCUT2D eigenvalue weighted by Gasteiger charge is 2.23. The lowest BCUT2D eigenvalue weighted by Gasteiger charge is -2.23. The van der Waals surface area contributed by atoms with Crippen LogP contribution in [-0.2, 0) is 5.54 Å². The number of benzene rings is 3. The third-order valence-electron chi connectivity index (χ3n) is 6.96. The molecule has 3 aromatic carbocycles. The smallest absolute Gasteiger partial charge is 0.109 e. The highest BCUT2D eigenvalue weighted by molar-refractivity contribution is 6.35. The first kappa shape index (κ1) is 27.3. The van der Waals surface area contributed by atoms with Gasteiger partial charge in [0.1, 0.15) is 11.8 Å². The van der Waals surface area contributed by atoms with Crippen LogP contribution in [0.3, 0.4) is 0 Å². The van der Waals surface area contributed by atoms with E-state index in [4.69, 9.17) is 11.6 Å². The van der Waals surface area contributed by atoms with Gasteiger partial charge in [-0.25, -0.2) is 4.68 Å². The molecule has 210 valence electrons. The van der Waals surface area contributed by atoms with E-state index in [0.717, 1.165) is 12.0 Å². The third kappa shape index (κ3) is 5.90. The molecule has 0 aliphatic heterocycles. The van der Waals surface area contributed by atoms with Crippen LogP contribution in [0.2, 0.25) is 5.02 Å². The summed E-state index contributed by atoms with van der Waals surface area (Å²) in [7, 11) is 0. The molecule has 0 radical (unpaired) electrons. The number of nitrogens with zero attached hydrogens (tertiary/aromatic N) is 6. The number of halogens is 1. The lowest BCUT2D eigenvalue weighted by molar-refractivity contribution is 0.347. The van der Waals surface area contributed by atoms with Gasteiger partial charge in [0.15, 0.2) is 0 Å². The average Bonchev–Trinajstić information content (AvgIpc) is 3.52. The van der Waals surface area contributed by atoms with E-state index in [-0.39, 0.29) is 11.6 Å². The largest absolute Gasteiger partial charge is 0.377 e. The number of hydrogen-bond donors (Lipinski definition) is 2. The Kier molecular flexibility index (Phi) is 7.72. The maximum Gasteiger partial charge on any atom is 0.109 e. The number of fused-ring (bicyclic) bond motifs is 1. The number of pyridine rings is 1. The molecule has 2 N–H and O–H groups in total. The lowest BCUT2D eigenvalue weighted by Crippen LogP contribution is -2.22. The van der Waals surface area contributed by atoms with Crippen molar-refractivity contribution in [3.05, 3.63) is 112 Å². The second kappa shape index (κ2) is 11.9. The SMILES string of the molecule is [2H][C@](Nc1cc(Cl)c2ncc(C#N)c(N[C@H](CC)c3ccccc3)c2c1)(c1cccc(C#N)c1)c1cn(C(C)(C)C)nn1. The molecule has 2 aromatic heterocycles. The summed E-state index contributed by atoms with van der Waals surface area (Å²) in [5.74, 6) is 0. The zero-order chi connectivity index (χ0) is 30.8. The summed E-state index contributed by atoms with van der Waals surface area (Å²) in [4.78, 5) is 4.49. The van der Waals surface area contributed by atoms with Crippen molar-refractivity contribution >= 4 is 33.9 Å². The zero-order valence-corrected chi connectivity index (χ0v) is 24.6. The summed E-state index contributed by atoms with van der Waals surface area (Å²) in [6, 6.07) is 23.1. The van der Waals surface area contributed by atoms with Gasteiger partial charge in [-0.2, -0.15) is 10.5 Å².